The molecule has 1 saturated heterocycles. The summed E-state index contributed by atoms with van der Waals surface area (Å²) in [5.74, 6) is 0.568. The summed E-state index contributed by atoms with van der Waals surface area (Å²) in [4.78, 5) is 18.2. The maximum Gasteiger partial charge on any atom is 0.237 e. The number of carbonyl (C=O) groups excluding carboxylic acids is 1. The molecule has 1 N–H and O–H groups in total. The minimum atomic E-state index is -0.774. The molecule has 0 aromatic heterocycles. The van der Waals surface area contributed by atoms with Crippen LogP contribution in [-0.2, 0) is 4.79 Å². The van der Waals surface area contributed by atoms with Crippen LogP contribution in [0.15, 0.2) is 0 Å². The molecule has 0 aliphatic carbocycles. The second-order valence-electron chi connectivity index (χ2n) is 7.41. The molecule has 1 amide bonds. The average Bonchev–Trinajstić information content (AvgIpc) is 2.47. The molecule has 6 heteroatoms. The van der Waals surface area contributed by atoms with Gasteiger partial charge in [0, 0.05) is 20.1 Å². The van der Waals surface area contributed by atoms with Crippen LogP contribution in [0.5, 0.6) is 0 Å². The molecule has 6 nitrogen and oxygen atoms in total. The van der Waals surface area contributed by atoms with Crippen LogP contribution in [0.2, 0.25) is 0 Å². The van der Waals surface area contributed by atoms with E-state index in [1.807, 2.05) is 14.0 Å². The molecular weight excluding hydrogens is 292 g/mol. The quantitative estimate of drug-likeness (QED) is 0.749. The maximum atomic E-state index is 12.3. The van der Waals surface area contributed by atoms with Gasteiger partial charge in [-0.05, 0) is 59.7 Å². The Morgan fingerprint density at radius 1 is 1.39 bits per heavy atom. The predicted molar refractivity (Wildman–Crippen MR) is 90.8 cm³/mol. The molecular formula is C17H32N4O2. The molecule has 0 saturated carbocycles. The van der Waals surface area contributed by atoms with E-state index in [0.29, 0.717) is 12.5 Å². The van der Waals surface area contributed by atoms with Crippen LogP contribution >= 0.6 is 0 Å². The van der Waals surface area contributed by atoms with E-state index in [9.17, 15) is 9.90 Å². The number of nitriles is 1. The number of rotatable bonds is 7. The molecule has 0 aromatic carbocycles. The summed E-state index contributed by atoms with van der Waals surface area (Å²) >= 11 is 0. The number of β-amino-alcohol motifs (C(OH)–C–C–N with tert-alkyl or cyclic N) is 1. The summed E-state index contributed by atoms with van der Waals surface area (Å²) in [5, 5.41) is 18.6. The topological polar surface area (TPSA) is 70.8 Å². The largest absolute Gasteiger partial charge is 0.392 e. The monoisotopic (exact) mass is 324 g/mol. The van der Waals surface area contributed by atoms with Gasteiger partial charge in [0.05, 0.1) is 18.7 Å². The number of hydrogen-bond donors (Lipinski definition) is 1. The predicted octanol–water partition coefficient (Wildman–Crippen LogP) is 0.772. The van der Waals surface area contributed by atoms with Crippen LogP contribution in [0, 0.1) is 17.2 Å². The van der Waals surface area contributed by atoms with Crippen LogP contribution in [0.25, 0.3) is 0 Å². The van der Waals surface area contributed by atoms with Crippen molar-refractivity contribution in [3.8, 4) is 6.07 Å². The van der Waals surface area contributed by atoms with E-state index >= 15 is 0 Å². The van der Waals surface area contributed by atoms with Crippen molar-refractivity contribution in [1.82, 2.24) is 14.7 Å². The van der Waals surface area contributed by atoms with Gasteiger partial charge in [-0.25, -0.2) is 0 Å². The van der Waals surface area contributed by atoms with Crippen molar-refractivity contribution in [2.75, 3.05) is 46.8 Å². The van der Waals surface area contributed by atoms with E-state index in [0.717, 1.165) is 39.0 Å². The second-order valence-corrected chi connectivity index (χ2v) is 7.41. The molecule has 1 rings (SSSR count). The first-order valence-electron chi connectivity index (χ1n) is 8.42. The van der Waals surface area contributed by atoms with Crippen molar-refractivity contribution < 1.29 is 9.90 Å². The molecule has 1 fully saturated rings. The molecule has 0 aromatic rings. The van der Waals surface area contributed by atoms with E-state index in [2.05, 4.69) is 15.9 Å². The van der Waals surface area contributed by atoms with Gasteiger partial charge in [0.2, 0.25) is 5.91 Å². The third-order valence-corrected chi connectivity index (χ3v) is 4.69. The summed E-state index contributed by atoms with van der Waals surface area (Å²) in [6.07, 6.45) is 1.93. The van der Waals surface area contributed by atoms with Crippen LogP contribution < -0.4 is 0 Å². The minimum absolute atomic E-state index is 0.0226. The van der Waals surface area contributed by atoms with E-state index < -0.39 is 5.54 Å². The second kappa shape index (κ2) is 8.62. The molecule has 0 bridgehead atoms. The molecule has 1 unspecified atom stereocenters. The molecule has 23 heavy (non-hydrogen) atoms. The first-order valence-corrected chi connectivity index (χ1v) is 8.42. The summed E-state index contributed by atoms with van der Waals surface area (Å²) in [7, 11) is 3.65. The highest BCUT2D eigenvalue weighted by atomic mass is 16.3. The SMILES string of the molecule is CC(O)CN1CCC(CN(C)CC(=O)N(C)C(C)(C)C#N)CC1. The number of likely N-dealkylation sites (tertiary alicyclic amines) is 1. The summed E-state index contributed by atoms with van der Waals surface area (Å²) in [6.45, 7) is 9.34. The Morgan fingerprint density at radius 2 is 1.96 bits per heavy atom. The van der Waals surface area contributed by atoms with Crippen LogP contribution in [0.3, 0.4) is 0 Å². The van der Waals surface area contributed by atoms with Gasteiger partial charge in [-0.1, -0.05) is 0 Å². The van der Waals surface area contributed by atoms with Gasteiger partial charge in [-0.2, -0.15) is 5.26 Å². The summed E-state index contributed by atoms with van der Waals surface area (Å²) in [5.41, 5.74) is -0.774. The molecule has 0 radical (unpaired) electrons. The van der Waals surface area contributed by atoms with E-state index in [1.165, 1.54) is 4.90 Å². The standard InChI is InChI=1S/C17H32N4O2/c1-14(22)10-21-8-6-15(7-9-21)11-19(4)12-16(23)20(5)17(2,3)13-18/h14-15,22H,6-12H2,1-5H3. The van der Waals surface area contributed by atoms with Crippen LogP contribution in [0.1, 0.15) is 33.6 Å². The van der Waals surface area contributed by atoms with Crippen molar-refractivity contribution >= 4 is 5.91 Å². The van der Waals surface area contributed by atoms with Crippen LogP contribution in [0.4, 0.5) is 0 Å². The van der Waals surface area contributed by atoms with E-state index in [4.69, 9.17) is 5.26 Å². The Balaban J connectivity index is 2.36. The molecule has 1 atom stereocenters. The highest BCUT2D eigenvalue weighted by molar-refractivity contribution is 5.79. The van der Waals surface area contributed by atoms with Gasteiger partial charge in [-0.15, -0.1) is 0 Å². The lowest BCUT2D eigenvalue weighted by atomic mass is 9.96. The number of nitrogens with zero attached hydrogens (tertiary/aromatic N) is 4. The fourth-order valence-electron chi connectivity index (χ4n) is 2.95. The van der Waals surface area contributed by atoms with Gasteiger partial charge in [0.25, 0.3) is 0 Å². The van der Waals surface area contributed by atoms with Gasteiger partial charge in [-0.3, -0.25) is 9.69 Å². The lowest BCUT2D eigenvalue weighted by molar-refractivity contribution is -0.134. The van der Waals surface area contributed by atoms with Crippen molar-refractivity contribution in [3.05, 3.63) is 0 Å². The molecule has 132 valence electrons. The lowest BCUT2D eigenvalue weighted by Gasteiger charge is -2.35. The van der Waals surface area contributed by atoms with E-state index in [-0.39, 0.29) is 12.0 Å². The van der Waals surface area contributed by atoms with Gasteiger partial charge >= 0.3 is 0 Å². The number of aliphatic hydroxyl groups is 1. The third kappa shape index (κ3) is 6.46. The normalized spacial score (nSPS) is 18.7. The number of likely N-dealkylation sites (N-methyl/N-ethyl adjacent to an activating group) is 2. The zero-order valence-electron chi connectivity index (χ0n) is 15.2. The number of carbonyl (C=O) groups is 1. The Kier molecular flexibility index (Phi) is 7.46. The Morgan fingerprint density at radius 3 is 2.43 bits per heavy atom. The highest BCUT2D eigenvalue weighted by Crippen LogP contribution is 2.18. The highest BCUT2D eigenvalue weighted by Gasteiger charge is 2.28. The number of amides is 1. The first-order chi connectivity index (χ1) is 10.7. The van der Waals surface area contributed by atoms with E-state index in [1.54, 1.807) is 20.9 Å². The number of piperidine rings is 1. The zero-order valence-corrected chi connectivity index (χ0v) is 15.2. The maximum absolute atomic E-state index is 12.3. The molecule has 1 heterocycles. The van der Waals surface area contributed by atoms with Gasteiger partial charge in [0.1, 0.15) is 5.54 Å². The molecule has 1 aliphatic rings. The van der Waals surface area contributed by atoms with Gasteiger partial charge < -0.3 is 14.9 Å². The Hall–Kier alpha value is -1.16. The third-order valence-electron chi connectivity index (χ3n) is 4.69. The van der Waals surface area contributed by atoms with Crippen molar-refractivity contribution in [2.24, 2.45) is 5.92 Å². The smallest absolute Gasteiger partial charge is 0.237 e. The number of hydrogen-bond acceptors (Lipinski definition) is 5. The van der Waals surface area contributed by atoms with Crippen molar-refractivity contribution in [1.29, 1.82) is 5.26 Å². The lowest BCUT2D eigenvalue weighted by Crippen LogP contribution is -2.48. The zero-order chi connectivity index (χ0) is 17.6. The molecule has 1 aliphatic heterocycles. The fraction of sp³-hybridized carbons (Fsp3) is 0.882. The molecule has 0 spiro atoms. The fourth-order valence-corrected chi connectivity index (χ4v) is 2.95. The average molecular weight is 324 g/mol. The Bertz CT molecular complexity index is 423. The first kappa shape index (κ1) is 19.9. The number of aliphatic hydroxyl groups excluding tert-OH is 1. The summed E-state index contributed by atoms with van der Waals surface area (Å²) < 4.78 is 0. The van der Waals surface area contributed by atoms with Crippen molar-refractivity contribution in [2.45, 2.75) is 45.3 Å². The summed E-state index contributed by atoms with van der Waals surface area (Å²) in [6, 6.07) is 2.16. The van der Waals surface area contributed by atoms with Gasteiger partial charge in [0.15, 0.2) is 0 Å². The Labute approximate surface area is 140 Å². The van der Waals surface area contributed by atoms with Crippen LogP contribution in [-0.4, -0.2) is 84.2 Å². The van der Waals surface area contributed by atoms with Crippen molar-refractivity contribution in [3.63, 3.8) is 0 Å². The minimum Gasteiger partial charge on any atom is -0.392 e.